The summed E-state index contributed by atoms with van der Waals surface area (Å²) in [7, 11) is 1.61. The van der Waals surface area contributed by atoms with Crippen molar-refractivity contribution in [1.82, 2.24) is 14.7 Å². The van der Waals surface area contributed by atoms with Gasteiger partial charge in [0.2, 0.25) is 5.91 Å². The van der Waals surface area contributed by atoms with Gasteiger partial charge in [0.25, 0.3) is 5.56 Å². The Labute approximate surface area is 185 Å². The molecule has 0 saturated carbocycles. The van der Waals surface area contributed by atoms with Gasteiger partial charge in [0.1, 0.15) is 12.3 Å². The van der Waals surface area contributed by atoms with E-state index in [0.717, 1.165) is 17.0 Å². The van der Waals surface area contributed by atoms with Crippen LogP contribution in [0, 0.1) is 0 Å². The Morgan fingerprint density at radius 3 is 2.45 bits per heavy atom. The molecular weight excluding hydrogens is 416 g/mol. The number of benzene rings is 2. The van der Waals surface area contributed by atoms with Gasteiger partial charge in [-0.05, 0) is 48.5 Å². The lowest BCUT2D eigenvalue weighted by Gasteiger charge is -2.36. The van der Waals surface area contributed by atoms with Crippen LogP contribution in [0.4, 0.5) is 5.69 Å². The third-order valence-corrected chi connectivity index (χ3v) is 5.58. The molecule has 0 radical (unpaired) electrons. The van der Waals surface area contributed by atoms with Crippen LogP contribution < -0.4 is 15.2 Å². The number of carbonyl (C=O) groups is 1. The topological polar surface area (TPSA) is 67.7 Å². The molecule has 2 aromatic carbocycles. The summed E-state index contributed by atoms with van der Waals surface area (Å²) >= 11 is 6.08. The van der Waals surface area contributed by atoms with Gasteiger partial charge in [0.15, 0.2) is 0 Å². The van der Waals surface area contributed by atoms with E-state index in [9.17, 15) is 9.59 Å². The molecule has 0 N–H and O–H groups in total. The molecule has 1 amide bonds. The van der Waals surface area contributed by atoms with Gasteiger partial charge in [-0.2, -0.15) is 5.10 Å². The Hall–Kier alpha value is -3.32. The third kappa shape index (κ3) is 4.88. The number of rotatable bonds is 5. The second-order valence-electron chi connectivity index (χ2n) is 7.29. The first kappa shape index (κ1) is 20.9. The van der Waals surface area contributed by atoms with Crippen molar-refractivity contribution in [2.24, 2.45) is 0 Å². The molecule has 4 rings (SSSR count). The summed E-state index contributed by atoms with van der Waals surface area (Å²) in [5.74, 6) is 0.622. The van der Waals surface area contributed by atoms with Gasteiger partial charge in [-0.3, -0.25) is 9.59 Å². The molecule has 0 aliphatic carbocycles. The second kappa shape index (κ2) is 9.22. The molecule has 0 atom stereocenters. The van der Waals surface area contributed by atoms with Crippen molar-refractivity contribution in [2.45, 2.75) is 6.54 Å². The van der Waals surface area contributed by atoms with Crippen LogP contribution >= 0.6 is 11.6 Å². The van der Waals surface area contributed by atoms with Crippen LogP contribution in [0.5, 0.6) is 5.75 Å². The molecule has 0 bridgehead atoms. The minimum atomic E-state index is -0.303. The van der Waals surface area contributed by atoms with Crippen LogP contribution in [0.3, 0.4) is 0 Å². The number of ether oxygens (including phenoxy) is 1. The summed E-state index contributed by atoms with van der Waals surface area (Å²) in [5.41, 5.74) is 2.21. The second-order valence-corrected chi connectivity index (χ2v) is 7.73. The normalized spacial score (nSPS) is 13.9. The summed E-state index contributed by atoms with van der Waals surface area (Å²) in [5, 5.41) is 5.09. The number of amides is 1. The van der Waals surface area contributed by atoms with Crippen molar-refractivity contribution in [3.8, 4) is 17.0 Å². The number of nitrogens with zero attached hydrogens (tertiary/aromatic N) is 4. The van der Waals surface area contributed by atoms with E-state index in [2.05, 4.69) is 10.00 Å². The maximum Gasteiger partial charge on any atom is 0.267 e. The van der Waals surface area contributed by atoms with Crippen LogP contribution in [0.15, 0.2) is 65.5 Å². The van der Waals surface area contributed by atoms with Crippen LogP contribution in [0.25, 0.3) is 11.3 Å². The van der Waals surface area contributed by atoms with E-state index in [0.29, 0.717) is 36.9 Å². The van der Waals surface area contributed by atoms with Crippen LogP contribution in [0.2, 0.25) is 5.02 Å². The monoisotopic (exact) mass is 438 g/mol. The number of piperazine rings is 1. The number of carbonyl (C=O) groups excluding carboxylic acids is 1. The smallest absolute Gasteiger partial charge is 0.267 e. The highest BCUT2D eigenvalue weighted by Gasteiger charge is 2.22. The van der Waals surface area contributed by atoms with Gasteiger partial charge in [-0.15, -0.1) is 0 Å². The van der Waals surface area contributed by atoms with Gasteiger partial charge < -0.3 is 14.5 Å². The minimum Gasteiger partial charge on any atom is -0.497 e. The lowest BCUT2D eigenvalue weighted by molar-refractivity contribution is -0.132. The Balaban J connectivity index is 1.42. The molecule has 2 heterocycles. The molecule has 160 valence electrons. The highest BCUT2D eigenvalue weighted by atomic mass is 35.5. The van der Waals surface area contributed by atoms with E-state index in [1.165, 1.54) is 10.7 Å². The van der Waals surface area contributed by atoms with Crippen LogP contribution in [-0.4, -0.2) is 53.9 Å². The zero-order chi connectivity index (χ0) is 21.8. The number of halogens is 1. The quantitative estimate of drug-likeness (QED) is 0.612. The summed E-state index contributed by atoms with van der Waals surface area (Å²) in [4.78, 5) is 29.1. The fourth-order valence-corrected chi connectivity index (χ4v) is 3.78. The Bertz CT molecular complexity index is 1120. The van der Waals surface area contributed by atoms with Gasteiger partial charge in [0, 0.05) is 48.5 Å². The average molecular weight is 439 g/mol. The predicted molar refractivity (Wildman–Crippen MR) is 121 cm³/mol. The number of hydrogen-bond donors (Lipinski definition) is 0. The Morgan fingerprint density at radius 1 is 1.03 bits per heavy atom. The van der Waals surface area contributed by atoms with E-state index in [1.54, 1.807) is 18.1 Å². The van der Waals surface area contributed by atoms with Crippen molar-refractivity contribution >= 4 is 23.2 Å². The molecule has 31 heavy (non-hydrogen) atoms. The number of methoxy groups -OCH3 is 1. The number of anilines is 1. The molecule has 0 unspecified atom stereocenters. The first-order valence-electron chi connectivity index (χ1n) is 10.0. The Morgan fingerprint density at radius 2 is 1.77 bits per heavy atom. The molecule has 1 aromatic heterocycles. The maximum absolute atomic E-state index is 12.8. The van der Waals surface area contributed by atoms with Crippen molar-refractivity contribution in [2.75, 3.05) is 38.2 Å². The standard InChI is InChI=1S/C23H23ClN4O3/c1-31-20-7-5-17(6-8-20)21-9-10-22(29)28(25-21)16-23(30)27-13-11-26(12-14-27)19-4-2-3-18(24)15-19/h2-10,15H,11-14,16H2,1H3. The summed E-state index contributed by atoms with van der Waals surface area (Å²) in [6, 6.07) is 18.2. The third-order valence-electron chi connectivity index (χ3n) is 5.34. The zero-order valence-electron chi connectivity index (χ0n) is 17.2. The van der Waals surface area contributed by atoms with Crippen molar-refractivity contribution in [3.63, 3.8) is 0 Å². The Kier molecular flexibility index (Phi) is 6.23. The molecule has 1 aliphatic heterocycles. The highest BCUT2D eigenvalue weighted by Crippen LogP contribution is 2.21. The largest absolute Gasteiger partial charge is 0.497 e. The summed E-state index contributed by atoms with van der Waals surface area (Å²) < 4.78 is 6.40. The first-order chi connectivity index (χ1) is 15.0. The molecule has 0 spiro atoms. The zero-order valence-corrected chi connectivity index (χ0v) is 18.0. The lowest BCUT2D eigenvalue weighted by atomic mass is 10.1. The molecule has 3 aromatic rings. The molecular formula is C23H23ClN4O3. The fourth-order valence-electron chi connectivity index (χ4n) is 3.59. The van der Waals surface area contributed by atoms with Gasteiger partial charge in [-0.1, -0.05) is 17.7 Å². The van der Waals surface area contributed by atoms with Gasteiger partial charge in [-0.25, -0.2) is 4.68 Å². The predicted octanol–water partition coefficient (Wildman–Crippen LogP) is 2.92. The van der Waals surface area contributed by atoms with E-state index >= 15 is 0 Å². The van der Waals surface area contributed by atoms with E-state index in [4.69, 9.17) is 16.3 Å². The summed E-state index contributed by atoms with van der Waals surface area (Å²) in [6.07, 6.45) is 0. The minimum absolute atomic E-state index is 0.0833. The highest BCUT2D eigenvalue weighted by molar-refractivity contribution is 6.30. The lowest BCUT2D eigenvalue weighted by Crippen LogP contribution is -2.50. The molecule has 7 nitrogen and oxygen atoms in total. The van der Waals surface area contributed by atoms with Crippen molar-refractivity contribution < 1.29 is 9.53 Å². The van der Waals surface area contributed by atoms with Gasteiger partial charge in [0.05, 0.1) is 12.8 Å². The van der Waals surface area contributed by atoms with Crippen LogP contribution in [0.1, 0.15) is 0 Å². The first-order valence-corrected chi connectivity index (χ1v) is 10.4. The SMILES string of the molecule is COc1ccc(-c2ccc(=O)n(CC(=O)N3CCN(c4cccc(Cl)c4)CC3)n2)cc1. The average Bonchev–Trinajstić information content (AvgIpc) is 2.80. The molecule has 1 fully saturated rings. The van der Waals surface area contributed by atoms with Crippen molar-refractivity contribution in [1.29, 1.82) is 0 Å². The van der Waals surface area contributed by atoms with Gasteiger partial charge >= 0.3 is 0 Å². The molecule has 1 aliphatic rings. The van der Waals surface area contributed by atoms with E-state index in [-0.39, 0.29) is 18.0 Å². The fraction of sp³-hybridized carbons (Fsp3) is 0.261. The number of aromatic nitrogens is 2. The van der Waals surface area contributed by atoms with E-state index in [1.807, 2.05) is 48.5 Å². The summed E-state index contributed by atoms with van der Waals surface area (Å²) in [6.45, 7) is 2.50. The molecule has 1 saturated heterocycles. The van der Waals surface area contributed by atoms with Crippen molar-refractivity contribution in [3.05, 3.63) is 76.0 Å². The maximum atomic E-state index is 12.8. The molecule has 8 heteroatoms. The number of hydrogen-bond acceptors (Lipinski definition) is 5. The van der Waals surface area contributed by atoms with E-state index < -0.39 is 0 Å². The van der Waals surface area contributed by atoms with Crippen LogP contribution in [-0.2, 0) is 11.3 Å².